The Morgan fingerprint density at radius 3 is 2.92 bits per heavy atom. The van der Waals surface area contributed by atoms with Gasteiger partial charge in [-0.15, -0.1) is 4.91 Å². The van der Waals surface area contributed by atoms with E-state index in [1.807, 2.05) is 6.92 Å². The lowest BCUT2D eigenvalue weighted by Crippen LogP contribution is -1.83. The van der Waals surface area contributed by atoms with Crippen LogP contribution >= 0.6 is 0 Å². The van der Waals surface area contributed by atoms with Gasteiger partial charge in [-0.2, -0.15) is 0 Å². The molecule has 0 aliphatic heterocycles. The predicted molar refractivity (Wildman–Crippen MR) is 49.5 cm³/mol. The van der Waals surface area contributed by atoms with Gasteiger partial charge in [0, 0.05) is 4.91 Å². The van der Waals surface area contributed by atoms with Crippen LogP contribution in [0.2, 0.25) is 0 Å². The Bertz CT molecular complexity index is 368. The molecule has 0 aromatic heterocycles. The highest BCUT2D eigenvalue weighted by atomic mass is 16.3. The average Bonchev–Trinajstić information content (AvgIpc) is 2.15. The quantitative estimate of drug-likeness (QED) is 0.301. The maximum atomic E-state index is 10.3. The molecule has 1 rings (SSSR count). The van der Waals surface area contributed by atoms with E-state index in [9.17, 15) is 4.91 Å². The molecule has 5 heteroatoms. The van der Waals surface area contributed by atoms with Gasteiger partial charge < -0.3 is 0 Å². The molecule has 0 fully saturated rings. The third kappa shape index (κ3) is 2.28. The summed E-state index contributed by atoms with van der Waals surface area (Å²) in [5, 5.41) is 6.20. The van der Waals surface area contributed by atoms with Crippen LogP contribution < -0.4 is 0 Å². The Morgan fingerprint density at radius 2 is 2.31 bits per heavy atom. The molecule has 66 valence electrons. The lowest BCUT2D eigenvalue weighted by molar-refractivity contribution is 1.04. The van der Waals surface area contributed by atoms with Gasteiger partial charge in [-0.3, -0.25) is 0 Å². The van der Waals surface area contributed by atoms with E-state index in [1.165, 1.54) is 0 Å². The summed E-state index contributed by atoms with van der Waals surface area (Å²) in [5.41, 5.74) is 10.1. The number of azide groups is 1. The van der Waals surface area contributed by atoms with Crippen LogP contribution in [0.3, 0.4) is 0 Å². The first-order valence-electron chi connectivity index (χ1n) is 3.71. The first-order valence-corrected chi connectivity index (χ1v) is 3.71. The van der Waals surface area contributed by atoms with E-state index < -0.39 is 0 Å². The number of nitroso groups, excluding NO2 is 1. The van der Waals surface area contributed by atoms with Crippen molar-refractivity contribution in [1.29, 1.82) is 0 Å². The van der Waals surface area contributed by atoms with Crippen LogP contribution in [0.15, 0.2) is 28.5 Å². The number of benzene rings is 1. The van der Waals surface area contributed by atoms with Crippen molar-refractivity contribution < 1.29 is 0 Å². The monoisotopic (exact) mass is 176 g/mol. The Hall–Kier alpha value is -1.87. The second kappa shape index (κ2) is 4.23. The summed E-state index contributed by atoms with van der Waals surface area (Å²) in [6.45, 7) is 2.06. The van der Waals surface area contributed by atoms with Crippen LogP contribution in [-0.2, 0) is 6.54 Å². The highest BCUT2D eigenvalue weighted by Crippen LogP contribution is 2.20. The van der Waals surface area contributed by atoms with Crippen molar-refractivity contribution in [2.45, 2.75) is 13.5 Å². The molecular weight excluding hydrogens is 168 g/mol. The van der Waals surface area contributed by atoms with Crippen molar-refractivity contribution in [1.82, 2.24) is 0 Å². The van der Waals surface area contributed by atoms with Gasteiger partial charge in [-0.25, -0.2) is 0 Å². The third-order valence-electron chi connectivity index (χ3n) is 1.64. The number of hydrogen-bond donors (Lipinski definition) is 0. The molecule has 0 heterocycles. The molecule has 0 aliphatic rings. The predicted octanol–water partition coefficient (Wildman–Crippen LogP) is 3.20. The molecule has 13 heavy (non-hydrogen) atoms. The topological polar surface area (TPSA) is 78.2 Å². The summed E-state index contributed by atoms with van der Waals surface area (Å²) in [7, 11) is 0. The summed E-state index contributed by atoms with van der Waals surface area (Å²) >= 11 is 0. The zero-order valence-electron chi connectivity index (χ0n) is 7.14. The minimum absolute atomic E-state index is 0.166. The molecule has 0 saturated carbocycles. The molecule has 0 atom stereocenters. The number of aryl methyl sites for hydroxylation is 1. The Morgan fingerprint density at radius 1 is 1.54 bits per heavy atom. The average molecular weight is 176 g/mol. The SMILES string of the molecule is Cc1ccc(N=O)c(CN=[N+]=[N-])c1. The van der Waals surface area contributed by atoms with Crippen molar-refractivity contribution in [3.8, 4) is 0 Å². The third-order valence-corrected chi connectivity index (χ3v) is 1.64. The smallest absolute Gasteiger partial charge is 0.111 e. The molecule has 0 radical (unpaired) electrons. The van der Waals surface area contributed by atoms with Crippen molar-refractivity contribution in [2.75, 3.05) is 0 Å². The largest absolute Gasteiger partial charge is 0.145 e. The van der Waals surface area contributed by atoms with E-state index in [-0.39, 0.29) is 6.54 Å². The maximum Gasteiger partial charge on any atom is 0.111 e. The van der Waals surface area contributed by atoms with E-state index in [2.05, 4.69) is 15.2 Å². The number of rotatable bonds is 3. The minimum atomic E-state index is 0.166. The fraction of sp³-hybridized carbons (Fsp3) is 0.250. The molecule has 5 nitrogen and oxygen atoms in total. The van der Waals surface area contributed by atoms with Gasteiger partial charge in [0.05, 0.1) is 6.54 Å². The van der Waals surface area contributed by atoms with Gasteiger partial charge >= 0.3 is 0 Å². The van der Waals surface area contributed by atoms with E-state index >= 15 is 0 Å². The summed E-state index contributed by atoms with van der Waals surface area (Å²) in [5.74, 6) is 0. The first-order chi connectivity index (χ1) is 6.27. The van der Waals surface area contributed by atoms with E-state index in [1.54, 1.807) is 18.2 Å². The van der Waals surface area contributed by atoms with Crippen LogP contribution in [0.5, 0.6) is 0 Å². The van der Waals surface area contributed by atoms with Gasteiger partial charge in [-0.1, -0.05) is 22.8 Å². The minimum Gasteiger partial charge on any atom is -0.145 e. The summed E-state index contributed by atoms with van der Waals surface area (Å²) in [6, 6.07) is 5.19. The number of nitrogens with zero attached hydrogens (tertiary/aromatic N) is 4. The Balaban J connectivity index is 3.07. The number of hydrogen-bond acceptors (Lipinski definition) is 3. The van der Waals surface area contributed by atoms with Crippen LogP contribution in [0.25, 0.3) is 10.4 Å². The molecule has 0 spiro atoms. The molecule has 0 amide bonds. The van der Waals surface area contributed by atoms with Gasteiger partial charge in [0.15, 0.2) is 0 Å². The van der Waals surface area contributed by atoms with Gasteiger partial charge in [0.25, 0.3) is 0 Å². The molecule has 0 unspecified atom stereocenters. The van der Waals surface area contributed by atoms with Crippen LogP contribution in [0.1, 0.15) is 11.1 Å². The lowest BCUT2D eigenvalue weighted by Gasteiger charge is -2.00. The zero-order valence-corrected chi connectivity index (χ0v) is 7.14. The highest BCUT2D eigenvalue weighted by molar-refractivity contribution is 5.47. The Kier molecular flexibility index (Phi) is 3.00. The van der Waals surface area contributed by atoms with Crippen molar-refractivity contribution in [3.63, 3.8) is 0 Å². The maximum absolute atomic E-state index is 10.3. The fourth-order valence-electron chi connectivity index (χ4n) is 1.04. The molecule has 0 bridgehead atoms. The van der Waals surface area contributed by atoms with E-state index in [0.29, 0.717) is 11.3 Å². The second-order valence-corrected chi connectivity index (χ2v) is 2.61. The van der Waals surface area contributed by atoms with Crippen LogP contribution in [0, 0.1) is 11.8 Å². The molecule has 0 saturated heterocycles. The zero-order chi connectivity index (χ0) is 9.68. The summed E-state index contributed by atoms with van der Waals surface area (Å²) < 4.78 is 0. The lowest BCUT2D eigenvalue weighted by atomic mass is 10.1. The standard InChI is InChI=1S/C8H8N4O/c1-6-2-3-8(11-13)7(4-6)5-10-12-9/h2-4H,5H2,1H3. The van der Waals surface area contributed by atoms with Crippen molar-refractivity contribution in [3.05, 3.63) is 44.7 Å². The van der Waals surface area contributed by atoms with E-state index in [0.717, 1.165) is 5.56 Å². The molecule has 1 aromatic carbocycles. The first kappa shape index (κ1) is 9.22. The van der Waals surface area contributed by atoms with E-state index in [4.69, 9.17) is 5.53 Å². The van der Waals surface area contributed by atoms with Gasteiger partial charge in [-0.05, 0) is 29.3 Å². The molecule has 1 aromatic rings. The van der Waals surface area contributed by atoms with Crippen molar-refractivity contribution in [2.24, 2.45) is 10.3 Å². The van der Waals surface area contributed by atoms with Crippen LogP contribution in [-0.4, -0.2) is 0 Å². The van der Waals surface area contributed by atoms with Gasteiger partial charge in [0.1, 0.15) is 5.69 Å². The second-order valence-electron chi connectivity index (χ2n) is 2.61. The summed E-state index contributed by atoms with van der Waals surface area (Å²) in [6.07, 6.45) is 0. The Labute approximate surface area is 75.0 Å². The van der Waals surface area contributed by atoms with Crippen molar-refractivity contribution >= 4 is 5.69 Å². The summed E-state index contributed by atoms with van der Waals surface area (Å²) in [4.78, 5) is 12.9. The normalized spacial score (nSPS) is 9.00. The molecular formula is C8H8N4O. The molecule has 0 N–H and O–H groups in total. The van der Waals surface area contributed by atoms with Gasteiger partial charge in [0.2, 0.25) is 0 Å². The van der Waals surface area contributed by atoms with Crippen LogP contribution in [0.4, 0.5) is 5.69 Å². The highest BCUT2D eigenvalue weighted by Gasteiger charge is 2.00. The fourth-order valence-corrected chi connectivity index (χ4v) is 1.04. The molecule has 0 aliphatic carbocycles.